The number of pyridine rings is 2. The van der Waals surface area contributed by atoms with Gasteiger partial charge in [-0.25, -0.2) is 9.98 Å². The summed E-state index contributed by atoms with van der Waals surface area (Å²) >= 11 is 0. The third-order valence-electron chi connectivity index (χ3n) is 7.06. The summed E-state index contributed by atoms with van der Waals surface area (Å²) in [4.78, 5) is 29.6. The standard InChI is InChI=1S/C28H32N8O/c1-2-35-13-15-36(16-14-35)12-10-20-3-6-23(7-4-20)32-27-26-22(9-11-30-28(26)37)17-25(34-27)33-24-8-5-21(18-29)19-31-24/h3-9,11,19,27,32H,2,10,12-17H2,1H3,(H,30,37)(H,31,33,34). The summed E-state index contributed by atoms with van der Waals surface area (Å²) in [6, 6.07) is 15.8. The summed E-state index contributed by atoms with van der Waals surface area (Å²) in [7, 11) is 0. The number of benzene rings is 1. The lowest BCUT2D eigenvalue weighted by Gasteiger charge is -2.34. The number of nitriles is 1. The number of likely N-dealkylation sites (N-methyl/N-ethyl adjacent to an activating group) is 1. The number of hydrogen-bond donors (Lipinski definition) is 3. The Morgan fingerprint density at radius 2 is 1.86 bits per heavy atom. The Morgan fingerprint density at radius 3 is 2.57 bits per heavy atom. The molecular weight excluding hydrogens is 464 g/mol. The number of amidine groups is 1. The van der Waals surface area contributed by atoms with Crippen LogP contribution in [0.25, 0.3) is 0 Å². The predicted octanol–water partition coefficient (Wildman–Crippen LogP) is 3.00. The average molecular weight is 497 g/mol. The molecule has 9 heteroatoms. The number of fused-ring (bicyclic) bond motifs is 1. The summed E-state index contributed by atoms with van der Waals surface area (Å²) in [6.45, 7) is 9.00. The van der Waals surface area contributed by atoms with Crippen LogP contribution in [0.1, 0.15) is 35.3 Å². The molecular formula is C28H32N8O. The molecule has 1 atom stereocenters. The van der Waals surface area contributed by atoms with E-state index in [0.717, 1.165) is 56.9 Å². The van der Waals surface area contributed by atoms with Crippen LogP contribution >= 0.6 is 0 Å². The van der Waals surface area contributed by atoms with Crippen LogP contribution < -0.4 is 16.2 Å². The molecule has 0 radical (unpaired) electrons. The molecule has 9 nitrogen and oxygen atoms in total. The molecule has 0 amide bonds. The molecule has 0 saturated carbocycles. The number of aromatic nitrogens is 2. The molecule has 37 heavy (non-hydrogen) atoms. The fourth-order valence-corrected chi connectivity index (χ4v) is 4.84. The van der Waals surface area contributed by atoms with E-state index in [1.165, 1.54) is 11.8 Å². The molecule has 1 fully saturated rings. The lowest BCUT2D eigenvalue weighted by molar-refractivity contribution is 0.138. The summed E-state index contributed by atoms with van der Waals surface area (Å²) < 4.78 is 0. The largest absolute Gasteiger partial charge is 0.360 e. The topological polar surface area (TPSA) is 112 Å². The molecule has 0 spiro atoms. The van der Waals surface area contributed by atoms with Crippen LogP contribution in [-0.4, -0.2) is 64.9 Å². The normalized spacial score (nSPS) is 17.9. The van der Waals surface area contributed by atoms with Gasteiger partial charge in [0.1, 0.15) is 17.7 Å². The second-order valence-electron chi connectivity index (χ2n) is 9.44. The molecule has 3 aromatic rings. The summed E-state index contributed by atoms with van der Waals surface area (Å²) in [5, 5.41) is 15.7. The molecule has 0 bridgehead atoms. The fourth-order valence-electron chi connectivity index (χ4n) is 4.84. The number of H-pyrrole nitrogens is 1. The highest BCUT2D eigenvalue weighted by molar-refractivity contribution is 5.97. The zero-order valence-corrected chi connectivity index (χ0v) is 21.1. The van der Waals surface area contributed by atoms with Crippen LogP contribution in [0.3, 0.4) is 0 Å². The van der Waals surface area contributed by atoms with E-state index in [2.05, 4.69) is 67.7 Å². The van der Waals surface area contributed by atoms with E-state index in [1.807, 2.05) is 6.07 Å². The molecule has 2 aliphatic heterocycles. The highest BCUT2D eigenvalue weighted by Gasteiger charge is 2.25. The van der Waals surface area contributed by atoms with Crippen molar-refractivity contribution in [1.29, 1.82) is 5.26 Å². The Kier molecular flexibility index (Phi) is 7.59. The minimum Gasteiger partial charge on any atom is -0.360 e. The van der Waals surface area contributed by atoms with Crippen LogP contribution in [0, 0.1) is 11.3 Å². The number of nitrogens with one attached hydrogen (secondary N) is 3. The molecule has 2 aromatic heterocycles. The van der Waals surface area contributed by atoms with Crippen molar-refractivity contribution in [2.45, 2.75) is 25.9 Å². The Hall–Kier alpha value is -4.00. The van der Waals surface area contributed by atoms with E-state index >= 15 is 0 Å². The second-order valence-corrected chi connectivity index (χ2v) is 9.44. The van der Waals surface area contributed by atoms with Crippen LogP contribution in [0.4, 0.5) is 11.5 Å². The van der Waals surface area contributed by atoms with Gasteiger partial charge in [0, 0.05) is 57.2 Å². The summed E-state index contributed by atoms with van der Waals surface area (Å²) in [6.07, 6.45) is 4.16. The van der Waals surface area contributed by atoms with Gasteiger partial charge in [0.2, 0.25) is 0 Å². The molecule has 0 aliphatic carbocycles. The van der Waals surface area contributed by atoms with Crippen LogP contribution in [-0.2, 0) is 12.8 Å². The zero-order chi connectivity index (χ0) is 25.6. The van der Waals surface area contributed by atoms with Gasteiger partial charge < -0.3 is 25.4 Å². The van der Waals surface area contributed by atoms with Crippen molar-refractivity contribution in [2.75, 3.05) is 49.9 Å². The molecule has 4 heterocycles. The molecule has 5 rings (SSSR count). The molecule has 1 saturated heterocycles. The highest BCUT2D eigenvalue weighted by Crippen LogP contribution is 2.26. The maximum atomic E-state index is 12.7. The van der Waals surface area contributed by atoms with E-state index in [9.17, 15) is 4.79 Å². The Labute approximate surface area is 216 Å². The Bertz CT molecular complexity index is 1330. The minimum absolute atomic E-state index is 0.144. The van der Waals surface area contributed by atoms with Gasteiger partial charge in [-0.3, -0.25) is 4.79 Å². The maximum absolute atomic E-state index is 12.7. The number of aromatic amines is 1. The summed E-state index contributed by atoms with van der Waals surface area (Å²) in [5.74, 6) is 1.30. The number of nitrogens with zero attached hydrogens (tertiary/aromatic N) is 5. The fraction of sp³-hybridized carbons (Fsp3) is 0.357. The number of anilines is 2. The van der Waals surface area contributed by atoms with Gasteiger partial charge in [0.05, 0.1) is 11.1 Å². The number of aliphatic imine (C=N–C) groups is 1. The number of rotatable bonds is 7. The van der Waals surface area contributed by atoms with Gasteiger partial charge in [-0.15, -0.1) is 0 Å². The first kappa shape index (κ1) is 24.7. The molecule has 3 N–H and O–H groups in total. The van der Waals surface area contributed by atoms with Crippen LogP contribution in [0.15, 0.2) is 64.6 Å². The smallest absolute Gasteiger partial charge is 0.255 e. The zero-order valence-electron chi connectivity index (χ0n) is 21.1. The number of piperazine rings is 1. The third kappa shape index (κ3) is 6.05. The predicted molar refractivity (Wildman–Crippen MR) is 146 cm³/mol. The van der Waals surface area contributed by atoms with Crippen molar-refractivity contribution in [3.63, 3.8) is 0 Å². The van der Waals surface area contributed by atoms with Crippen molar-refractivity contribution in [2.24, 2.45) is 4.99 Å². The maximum Gasteiger partial charge on any atom is 0.255 e. The molecule has 1 aromatic carbocycles. The quantitative estimate of drug-likeness (QED) is 0.461. The molecule has 1 unspecified atom stereocenters. The van der Waals surface area contributed by atoms with Crippen LogP contribution in [0.5, 0.6) is 0 Å². The van der Waals surface area contributed by atoms with E-state index in [-0.39, 0.29) is 5.56 Å². The first-order chi connectivity index (χ1) is 18.1. The second kappa shape index (κ2) is 11.4. The first-order valence-corrected chi connectivity index (χ1v) is 12.8. The molecule has 2 aliphatic rings. The Balaban J connectivity index is 1.26. The third-order valence-corrected chi connectivity index (χ3v) is 7.06. The van der Waals surface area contributed by atoms with Crippen molar-refractivity contribution in [3.8, 4) is 6.07 Å². The summed E-state index contributed by atoms with van der Waals surface area (Å²) in [5.41, 5.74) is 4.08. The van der Waals surface area contributed by atoms with Crippen molar-refractivity contribution in [3.05, 3.63) is 87.5 Å². The highest BCUT2D eigenvalue weighted by atomic mass is 16.1. The van der Waals surface area contributed by atoms with E-state index in [0.29, 0.717) is 29.2 Å². The van der Waals surface area contributed by atoms with Crippen molar-refractivity contribution in [1.82, 2.24) is 19.8 Å². The molecule has 190 valence electrons. The van der Waals surface area contributed by atoms with Gasteiger partial charge in [-0.2, -0.15) is 5.26 Å². The lowest BCUT2D eigenvalue weighted by Crippen LogP contribution is -2.46. The van der Waals surface area contributed by atoms with Crippen LogP contribution in [0.2, 0.25) is 0 Å². The Morgan fingerprint density at radius 1 is 1.08 bits per heavy atom. The van der Waals surface area contributed by atoms with Gasteiger partial charge in [0.25, 0.3) is 5.56 Å². The van der Waals surface area contributed by atoms with Gasteiger partial charge >= 0.3 is 0 Å². The van der Waals surface area contributed by atoms with E-state index in [4.69, 9.17) is 10.3 Å². The van der Waals surface area contributed by atoms with Crippen molar-refractivity contribution >= 4 is 17.3 Å². The SMILES string of the molecule is CCN1CCN(CCc2ccc(NC3N=C(Nc4ccc(C#N)cn4)Cc4cc[nH]c(=O)c43)cc2)CC1. The van der Waals surface area contributed by atoms with Crippen molar-refractivity contribution < 1.29 is 0 Å². The monoisotopic (exact) mass is 496 g/mol. The van der Waals surface area contributed by atoms with Gasteiger partial charge in [-0.1, -0.05) is 19.1 Å². The lowest BCUT2D eigenvalue weighted by atomic mass is 10.0. The van der Waals surface area contributed by atoms with Gasteiger partial charge in [0.15, 0.2) is 6.17 Å². The van der Waals surface area contributed by atoms with E-state index in [1.54, 1.807) is 18.3 Å². The van der Waals surface area contributed by atoms with E-state index < -0.39 is 6.17 Å². The average Bonchev–Trinajstić information content (AvgIpc) is 2.93. The van der Waals surface area contributed by atoms with Gasteiger partial charge in [-0.05, 0) is 54.4 Å². The first-order valence-electron chi connectivity index (χ1n) is 12.8. The number of hydrogen-bond acceptors (Lipinski definition) is 8. The minimum atomic E-state index is -0.532.